The molecule has 4 rings (SSSR count). The minimum absolute atomic E-state index is 0.0127. The highest BCUT2D eigenvalue weighted by Crippen LogP contribution is 2.41. The second-order valence-corrected chi connectivity index (χ2v) is 10.4. The minimum Gasteiger partial charge on any atom is -0.383 e. The number of hydrogen-bond donors (Lipinski definition) is 1. The molecule has 7 heteroatoms. The number of carbonyl (C=O) groups excluding carboxylic acids is 2. The van der Waals surface area contributed by atoms with Gasteiger partial charge in [-0.15, -0.1) is 11.8 Å². The summed E-state index contributed by atoms with van der Waals surface area (Å²) in [7, 11) is 1.64. The van der Waals surface area contributed by atoms with Crippen LogP contribution < -0.4 is 5.32 Å². The predicted molar refractivity (Wildman–Crippen MR) is 120 cm³/mol. The molecule has 3 heterocycles. The Kier molecular flexibility index (Phi) is 7.63. The molecule has 0 aromatic heterocycles. The first-order chi connectivity index (χ1) is 14.7. The lowest BCUT2D eigenvalue weighted by Gasteiger charge is -2.44. The molecule has 3 unspecified atom stereocenters. The molecule has 3 atom stereocenters. The highest BCUT2D eigenvalue weighted by atomic mass is 32.2. The maximum atomic E-state index is 13.3. The zero-order valence-electron chi connectivity index (χ0n) is 18.3. The van der Waals surface area contributed by atoms with Crippen LogP contribution in [0.2, 0.25) is 0 Å². The van der Waals surface area contributed by atoms with E-state index in [9.17, 15) is 9.59 Å². The molecule has 1 aliphatic carbocycles. The predicted octanol–water partition coefficient (Wildman–Crippen LogP) is 3.48. The van der Waals surface area contributed by atoms with Crippen molar-refractivity contribution in [2.45, 2.75) is 57.4 Å². The van der Waals surface area contributed by atoms with Crippen LogP contribution in [-0.4, -0.2) is 73.4 Å². The summed E-state index contributed by atoms with van der Waals surface area (Å²) in [4.78, 5) is 31.1. The number of ether oxygens (including phenoxy) is 1. The van der Waals surface area contributed by atoms with Gasteiger partial charge in [0.1, 0.15) is 0 Å². The molecule has 1 saturated carbocycles. The first kappa shape index (κ1) is 22.0. The van der Waals surface area contributed by atoms with Gasteiger partial charge in [-0.05, 0) is 55.3 Å². The third-order valence-corrected chi connectivity index (χ3v) is 8.73. The largest absolute Gasteiger partial charge is 0.383 e. The Labute approximate surface area is 185 Å². The van der Waals surface area contributed by atoms with E-state index in [1.54, 1.807) is 7.11 Å². The van der Waals surface area contributed by atoms with Gasteiger partial charge in [0.15, 0.2) is 0 Å². The fraction of sp³-hybridized carbons (Fsp3) is 0.826. The summed E-state index contributed by atoms with van der Waals surface area (Å²) in [6, 6.07) is 0.515. The zero-order chi connectivity index (χ0) is 20.9. The van der Waals surface area contributed by atoms with Gasteiger partial charge in [-0.3, -0.25) is 4.79 Å². The van der Waals surface area contributed by atoms with Gasteiger partial charge in [0, 0.05) is 45.1 Å². The van der Waals surface area contributed by atoms with Crippen LogP contribution >= 0.6 is 11.8 Å². The van der Waals surface area contributed by atoms with E-state index in [4.69, 9.17) is 4.74 Å². The number of fused-ring (bicyclic) bond motifs is 1. The Morgan fingerprint density at radius 1 is 1.10 bits per heavy atom. The fourth-order valence-corrected chi connectivity index (χ4v) is 7.07. The third-order valence-electron chi connectivity index (χ3n) is 7.41. The first-order valence-electron chi connectivity index (χ1n) is 11.8. The summed E-state index contributed by atoms with van der Waals surface area (Å²) in [5.74, 6) is 2.58. The Hall–Kier alpha value is -1.21. The van der Waals surface area contributed by atoms with Crippen LogP contribution in [0.1, 0.15) is 51.4 Å². The highest BCUT2D eigenvalue weighted by Gasteiger charge is 2.39. The van der Waals surface area contributed by atoms with Crippen LogP contribution in [0.4, 0.5) is 4.79 Å². The van der Waals surface area contributed by atoms with Gasteiger partial charge in [-0.2, -0.15) is 0 Å². The molecular formula is C23H37N3O3S. The topological polar surface area (TPSA) is 61.9 Å². The Balaban J connectivity index is 1.29. The van der Waals surface area contributed by atoms with Gasteiger partial charge < -0.3 is 19.9 Å². The third kappa shape index (κ3) is 4.98. The van der Waals surface area contributed by atoms with Crippen molar-refractivity contribution >= 4 is 23.7 Å². The van der Waals surface area contributed by atoms with E-state index in [2.05, 4.69) is 16.3 Å². The SMILES string of the molecule is COCCNC(=O)N1CCC(C2=CC(C(=O)N3CCCC4CCCCC43)CS2)CC1. The minimum atomic E-state index is 0.0127. The van der Waals surface area contributed by atoms with E-state index in [0.717, 1.165) is 44.1 Å². The average Bonchev–Trinajstić information content (AvgIpc) is 3.29. The monoisotopic (exact) mass is 435 g/mol. The Morgan fingerprint density at radius 3 is 2.67 bits per heavy atom. The number of urea groups is 1. The number of amides is 3. The smallest absolute Gasteiger partial charge is 0.317 e. The molecule has 0 bridgehead atoms. The van der Waals surface area contributed by atoms with Gasteiger partial charge >= 0.3 is 6.03 Å². The van der Waals surface area contributed by atoms with E-state index in [1.165, 1.54) is 43.4 Å². The molecule has 6 nitrogen and oxygen atoms in total. The van der Waals surface area contributed by atoms with Crippen LogP contribution in [0.25, 0.3) is 0 Å². The van der Waals surface area contributed by atoms with Crippen LogP contribution in [0.3, 0.4) is 0 Å². The second kappa shape index (κ2) is 10.4. The van der Waals surface area contributed by atoms with Crippen LogP contribution in [-0.2, 0) is 9.53 Å². The number of methoxy groups -OCH3 is 1. The van der Waals surface area contributed by atoms with Gasteiger partial charge in [0.25, 0.3) is 0 Å². The Bertz CT molecular complexity index is 646. The Morgan fingerprint density at radius 2 is 1.87 bits per heavy atom. The molecule has 2 saturated heterocycles. The number of allylic oxidation sites excluding steroid dienone is 1. The van der Waals surface area contributed by atoms with E-state index in [-0.39, 0.29) is 11.9 Å². The molecular weight excluding hydrogens is 398 g/mol. The fourth-order valence-electron chi connectivity index (χ4n) is 5.73. The number of hydrogen-bond acceptors (Lipinski definition) is 4. The van der Waals surface area contributed by atoms with E-state index < -0.39 is 0 Å². The van der Waals surface area contributed by atoms with E-state index in [0.29, 0.717) is 31.0 Å². The summed E-state index contributed by atoms with van der Waals surface area (Å²) in [5, 5.41) is 2.91. The van der Waals surface area contributed by atoms with Crippen molar-refractivity contribution in [3.8, 4) is 0 Å². The lowest BCUT2D eigenvalue weighted by Crippen LogP contribution is -2.51. The van der Waals surface area contributed by atoms with Crippen molar-refractivity contribution in [3.05, 3.63) is 11.0 Å². The number of carbonyl (C=O) groups is 2. The lowest BCUT2D eigenvalue weighted by molar-refractivity contribution is -0.139. The van der Waals surface area contributed by atoms with Gasteiger partial charge in [-0.25, -0.2) is 4.79 Å². The summed E-state index contributed by atoms with van der Waals surface area (Å²) in [6.45, 7) is 3.63. The number of nitrogens with zero attached hydrogens (tertiary/aromatic N) is 2. The second-order valence-electron chi connectivity index (χ2n) is 9.26. The number of thioether (sulfide) groups is 1. The molecule has 3 aliphatic heterocycles. The molecule has 0 aromatic rings. The molecule has 4 aliphatic rings. The maximum absolute atomic E-state index is 13.3. The summed E-state index contributed by atoms with van der Waals surface area (Å²) >= 11 is 1.88. The van der Waals surface area contributed by atoms with Crippen molar-refractivity contribution in [2.24, 2.45) is 17.8 Å². The molecule has 30 heavy (non-hydrogen) atoms. The number of rotatable bonds is 5. The maximum Gasteiger partial charge on any atom is 0.317 e. The standard InChI is InChI=1S/C23H37N3O3S/c1-29-14-10-24-23(28)25-12-8-18(9-13-25)21-15-19(16-30-21)22(27)26-11-4-6-17-5-2-3-7-20(17)26/h15,17-20H,2-14,16H2,1H3,(H,24,28). The van der Waals surface area contributed by atoms with Gasteiger partial charge in [0.2, 0.25) is 5.91 Å². The molecule has 0 radical (unpaired) electrons. The molecule has 168 valence electrons. The lowest BCUT2D eigenvalue weighted by atomic mass is 9.78. The first-order valence-corrected chi connectivity index (χ1v) is 12.8. The molecule has 0 spiro atoms. The van der Waals surface area contributed by atoms with Crippen LogP contribution in [0.5, 0.6) is 0 Å². The van der Waals surface area contributed by atoms with E-state index in [1.807, 2.05) is 16.7 Å². The van der Waals surface area contributed by atoms with Crippen LogP contribution in [0.15, 0.2) is 11.0 Å². The summed E-state index contributed by atoms with van der Waals surface area (Å²) < 4.78 is 4.99. The van der Waals surface area contributed by atoms with Crippen molar-refractivity contribution in [1.29, 1.82) is 0 Å². The summed E-state index contributed by atoms with van der Waals surface area (Å²) in [5.41, 5.74) is 0. The number of likely N-dealkylation sites (tertiary alicyclic amines) is 2. The van der Waals surface area contributed by atoms with Crippen LogP contribution in [0, 0.1) is 17.8 Å². The van der Waals surface area contributed by atoms with Gasteiger partial charge in [0.05, 0.1) is 12.5 Å². The van der Waals surface area contributed by atoms with Gasteiger partial charge in [-0.1, -0.05) is 18.9 Å². The molecule has 1 N–H and O–H groups in total. The van der Waals surface area contributed by atoms with Crippen molar-refractivity contribution in [1.82, 2.24) is 15.1 Å². The van der Waals surface area contributed by atoms with Crippen molar-refractivity contribution in [2.75, 3.05) is 45.6 Å². The van der Waals surface area contributed by atoms with E-state index >= 15 is 0 Å². The zero-order valence-corrected chi connectivity index (χ0v) is 19.1. The highest BCUT2D eigenvalue weighted by molar-refractivity contribution is 8.03. The number of piperidine rings is 2. The number of nitrogens with one attached hydrogen (secondary N) is 1. The molecule has 0 aromatic carbocycles. The molecule has 3 fully saturated rings. The van der Waals surface area contributed by atoms with Crippen molar-refractivity contribution < 1.29 is 14.3 Å². The quantitative estimate of drug-likeness (QED) is 0.672. The normalized spacial score (nSPS) is 30.0. The average molecular weight is 436 g/mol. The van der Waals surface area contributed by atoms with Crippen molar-refractivity contribution in [3.63, 3.8) is 0 Å². The molecule has 3 amide bonds. The summed E-state index contributed by atoms with van der Waals surface area (Å²) in [6.07, 6.45) is 11.9.